The summed E-state index contributed by atoms with van der Waals surface area (Å²) in [5.74, 6) is 0.885. The highest BCUT2D eigenvalue weighted by Crippen LogP contribution is 2.25. The standard InChI is InChI=1S/C12H19BrN2S/c1-14-8-10-4-6-15(7-5-10)9-11-2-3-12(13)16-11/h2-3,10,14H,4-9H2,1H3. The van der Waals surface area contributed by atoms with Crippen LogP contribution in [0.3, 0.4) is 0 Å². The smallest absolute Gasteiger partial charge is 0.0701 e. The van der Waals surface area contributed by atoms with Gasteiger partial charge in [-0.3, -0.25) is 4.90 Å². The number of nitrogens with one attached hydrogen (secondary N) is 1. The predicted octanol–water partition coefficient (Wildman–Crippen LogP) is 2.94. The number of nitrogens with zero attached hydrogens (tertiary/aromatic N) is 1. The minimum absolute atomic E-state index is 0.885. The summed E-state index contributed by atoms with van der Waals surface area (Å²) in [5, 5.41) is 3.28. The molecule has 0 aromatic carbocycles. The van der Waals surface area contributed by atoms with Gasteiger partial charge in [0.05, 0.1) is 3.79 Å². The summed E-state index contributed by atoms with van der Waals surface area (Å²) in [7, 11) is 2.05. The molecule has 0 saturated carbocycles. The van der Waals surface area contributed by atoms with Gasteiger partial charge in [-0.15, -0.1) is 11.3 Å². The summed E-state index contributed by atoms with van der Waals surface area (Å²) in [4.78, 5) is 4.05. The van der Waals surface area contributed by atoms with Crippen LogP contribution < -0.4 is 5.32 Å². The maximum Gasteiger partial charge on any atom is 0.0701 e. The van der Waals surface area contributed by atoms with E-state index in [1.165, 1.54) is 41.1 Å². The Morgan fingerprint density at radius 3 is 2.75 bits per heavy atom. The predicted molar refractivity (Wildman–Crippen MR) is 73.9 cm³/mol. The fourth-order valence-electron chi connectivity index (χ4n) is 2.29. The Morgan fingerprint density at radius 2 is 2.19 bits per heavy atom. The first-order valence-electron chi connectivity index (χ1n) is 5.89. The average molecular weight is 303 g/mol. The van der Waals surface area contributed by atoms with Crippen LogP contribution in [0.4, 0.5) is 0 Å². The topological polar surface area (TPSA) is 15.3 Å². The molecule has 4 heteroatoms. The van der Waals surface area contributed by atoms with E-state index in [4.69, 9.17) is 0 Å². The number of hydrogen-bond acceptors (Lipinski definition) is 3. The van der Waals surface area contributed by atoms with Crippen LogP contribution >= 0.6 is 27.3 Å². The molecule has 1 N–H and O–H groups in total. The lowest BCUT2D eigenvalue weighted by molar-refractivity contribution is 0.178. The summed E-state index contributed by atoms with van der Waals surface area (Å²) in [6.45, 7) is 4.81. The van der Waals surface area contributed by atoms with Crippen molar-refractivity contribution in [3.05, 3.63) is 20.8 Å². The van der Waals surface area contributed by atoms with Crippen molar-refractivity contribution < 1.29 is 0 Å². The Hall–Kier alpha value is 0.1000. The van der Waals surface area contributed by atoms with Crippen molar-refractivity contribution in [1.82, 2.24) is 10.2 Å². The molecule has 1 aliphatic heterocycles. The molecule has 1 aromatic rings. The number of piperidine rings is 1. The Bertz CT molecular complexity index is 319. The second-order valence-corrected chi connectivity index (χ2v) is 7.03. The van der Waals surface area contributed by atoms with Crippen molar-refractivity contribution in [2.75, 3.05) is 26.7 Å². The van der Waals surface area contributed by atoms with Crippen molar-refractivity contribution in [2.45, 2.75) is 19.4 Å². The van der Waals surface area contributed by atoms with Crippen LogP contribution in [-0.2, 0) is 6.54 Å². The van der Waals surface area contributed by atoms with Crippen LogP contribution in [0.2, 0.25) is 0 Å². The molecule has 16 heavy (non-hydrogen) atoms. The third-order valence-corrected chi connectivity index (χ3v) is 4.82. The molecular formula is C12H19BrN2S. The van der Waals surface area contributed by atoms with Crippen molar-refractivity contribution >= 4 is 27.3 Å². The van der Waals surface area contributed by atoms with E-state index in [0.29, 0.717) is 0 Å². The molecule has 0 spiro atoms. The molecule has 0 radical (unpaired) electrons. The monoisotopic (exact) mass is 302 g/mol. The molecule has 1 fully saturated rings. The largest absolute Gasteiger partial charge is 0.319 e. The fraction of sp³-hybridized carbons (Fsp3) is 0.667. The molecule has 2 rings (SSSR count). The van der Waals surface area contributed by atoms with Gasteiger partial charge in [-0.2, -0.15) is 0 Å². The zero-order chi connectivity index (χ0) is 11.4. The van der Waals surface area contributed by atoms with Gasteiger partial charge in [0.1, 0.15) is 0 Å². The van der Waals surface area contributed by atoms with E-state index in [-0.39, 0.29) is 0 Å². The number of likely N-dealkylation sites (tertiary alicyclic amines) is 1. The van der Waals surface area contributed by atoms with E-state index < -0.39 is 0 Å². The van der Waals surface area contributed by atoms with Crippen LogP contribution in [0.15, 0.2) is 15.9 Å². The lowest BCUT2D eigenvalue weighted by Crippen LogP contribution is -2.36. The van der Waals surface area contributed by atoms with Gasteiger partial charge in [-0.1, -0.05) is 0 Å². The Morgan fingerprint density at radius 1 is 1.44 bits per heavy atom. The molecule has 0 unspecified atom stereocenters. The first kappa shape index (κ1) is 12.6. The van der Waals surface area contributed by atoms with Gasteiger partial charge in [0.2, 0.25) is 0 Å². The highest BCUT2D eigenvalue weighted by molar-refractivity contribution is 9.11. The Balaban J connectivity index is 1.77. The van der Waals surface area contributed by atoms with Gasteiger partial charge in [0.15, 0.2) is 0 Å². The molecule has 1 aromatic heterocycles. The minimum atomic E-state index is 0.885. The van der Waals surface area contributed by atoms with Crippen LogP contribution in [0.1, 0.15) is 17.7 Å². The van der Waals surface area contributed by atoms with Gasteiger partial charge in [-0.25, -0.2) is 0 Å². The van der Waals surface area contributed by atoms with Crippen molar-refractivity contribution in [3.8, 4) is 0 Å². The van der Waals surface area contributed by atoms with E-state index in [1.54, 1.807) is 0 Å². The third kappa shape index (κ3) is 3.55. The summed E-state index contributed by atoms with van der Waals surface area (Å²) in [6.07, 6.45) is 2.68. The van der Waals surface area contributed by atoms with E-state index in [2.05, 4.69) is 45.3 Å². The van der Waals surface area contributed by atoms with Crippen molar-refractivity contribution in [1.29, 1.82) is 0 Å². The van der Waals surface area contributed by atoms with Gasteiger partial charge in [-0.05, 0) is 73.5 Å². The molecule has 90 valence electrons. The van der Waals surface area contributed by atoms with E-state index in [0.717, 1.165) is 12.5 Å². The maximum atomic E-state index is 3.52. The van der Waals surface area contributed by atoms with Crippen molar-refractivity contribution in [3.63, 3.8) is 0 Å². The zero-order valence-electron chi connectivity index (χ0n) is 9.71. The van der Waals surface area contributed by atoms with Gasteiger partial charge in [0, 0.05) is 11.4 Å². The first-order valence-corrected chi connectivity index (χ1v) is 7.50. The lowest BCUT2D eigenvalue weighted by atomic mass is 9.97. The van der Waals surface area contributed by atoms with Gasteiger partial charge in [0.25, 0.3) is 0 Å². The highest BCUT2D eigenvalue weighted by atomic mass is 79.9. The van der Waals surface area contributed by atoms with Gasteiger partial charge >= 0.3 is 0 Å². The second kappa shape index (κ2) is 6.15. The van der Waals surface area contributed by atoms with Crippen molar-refractivity contribution in [2.24, 2.45) is 5.92 Å². The normalized spacial score (nSPS) is 19.1. The summed E-state index contributed by atoms with van der Waals surface area (Å²) in [6, 6.07) is 4.38. The molecule has 0 atom stereocenters. The Kier molecular flexibility index (Phi) is 4.82. The summed E-state index contributed by atoms with van der Waals surface area (Å²) >= 11 is 5.37. The summed E-state index contributed by atoms with van der Waals surface area (Å²) < 4.78 is 1.24. The SMILES string of the molecule is CNCC1CCN(Cc2ccc(Br)s2)CC1. The highest BCUT2D eigenvalue weighted by Gasteiger charge is 2.18. The Labute approximate surface area is 110 Å². The van der Waals surface area contributed by atoms with Crippen LogP contribution in [0.5, 0.6) is 0 Å². The van der Waals surface area contributed by atoms with Crippen LogP contribution in [-0.4, -0.2) is 31.6 Å². The number of halogens is 1. The molecule has 1 aliphatic rings. The molecule has 0 aliphatic carbocycles. The van der Waals surface area contributed by atoms with Crippen LogP contribution in [0.25, 0.3) is 0 Å². The number of hydrogen-bond donors (Lipinski definition) is 1. The average Bonchev–Trinajstić information content (AvgIpc) is 2.67. The first-order chi connectivity index (χ1) is 7.78. The molecule has 0 bridgehead atoms. The number of rotatable bonds is 4. The number of thiophene rings is 1. The van der Waals surface area contributed by atoms with E-state index in [1.807, 2.05) is 11.3 Å². The quantitative estimate of drug-likeness (QED) is 0.920. The molecule has 2 nitrogen and oxygen atoms in total. The third-order valence-electron chi connectivity index (χ3n) is 3.21. The van der Waals surface area contributed by atoms with Crippen LogP contribution in [0, 0.1) is 5.92 Å². The molecule has 2 heterocycles. The summed E-state index contributed by atoms with van der Waals surface area (Å²) in [5.41, 5.74) is 0. The molecule has 0 amide bonds. The minimum Gasteiger partial charge on any atom is -0.319 e. The fourth-order valence-corrected chi connectivity index (χ4v) is 3.82. The second-order valence-electron chi connectivity index (χ2n) is 4.48. The molecular weight excluding hydrogens is 284 g/mol. The maximum absolute atomic E-state index is 3.52. The van der Waals surface area contributed by atoms with E-state index in [9.17, 15) is 0 Å². The van der Waals surface area contributed by atoms with E-state index >= 15 is 0 Å². The van der Waals surface area contributed by atoms with Gasteiger partial charge < -0.3 is 5.32 Å². The molecule has 1 saturated heterocycles. The zero-order valence-corrected chi connectivity index (χ0v) is 12.1. The lowest BCUT2D eigenvalue weighted by Gasteiger charge is -2.31.